The summed E-state index contributed by atoms with van der Waals surface area (Å²) < 4.78 is 43.0. The van der Waals surface area contributed by atoms with E-state index in [9.17, 15) is 13.2 Å². The zero-order chi connectivity index (χ0) is 19.9. The molecule has 28 heavy (non-hydrogen) atoms. The highest BCUT2D eigenvalue weighted by atomic mass is 32.1. The van der Waals surface area contributed by atoms with E-state index >= 15 is 0 Å². The molecule has 0 atom stereocenters. The zero-order valence-corrected chi connectivity index (χ0v) is 15.3. The molecule has 0 saturated heterocycles. The molecule has 0 amide bonds. The second-order valence-electron chi connectivity index (χ2n) is 5.77. The SMILES string of the molecule is Cc1noc(C)c1Nc1nc2c(Nc3ccc(C(F)(F)F)nc3)ncnc2s1. The Morgan fingerprint density at radius 2 is 1.89 bits per heavy atom. The summed E-state index contributed by atoms with van der Waals surface area (Å²) in [5.41, 5.74) is 1.26. The molecule has 4 rings (SSSR count). The van der Waals surface area contributed by atoms with Gasteiger partial charge in [0, 0.05) is 0 Å². The third kappa shape index (κ3) is 3.45. The summed E-state index contributed by atoms with van der Waals surface area (Å²) >= 11 is 1.30. The van der Waals surface area contributed by atoms with Gasteiger partial charge in [-0.15, -0.1) is 0 Å². The summed E-state index contributed by atoms with van der Waals surface area (Å²) in [7, 11) is 0. The maximum atomic E-state index is 12.6. The van der Waals surface area contributed by atoms with Crippen LogP contribution in [0.5, 0.6) is 0 Å². The monoisotopic (exact) mass is 407 g/mol. The molecule has 0 aliphatic rings. The third-order valence-corrected chi connectivity index (χ3v) is 4.66. The van der Waals surface area contributed by atoms with E-state index in [1.807, 2.05) is 0 Å². The number of halogens is 3. The van der Waals surface area contributed by atoms with Crippen molar-refractivity contribution < 1.29 is 17.7 Å². The van der Waals surface area contributed by atoms with Crippen LogP contribution in [0.1, 0.15) is 17.1 Å². The van der Waals surface area contributed by atoms with E-state index in [1.54, 1.807) is 13.8 Å². The van der Waals surface area contributed by atoms with Crippen LogP contribution >= 0.6 is 11.3 Å². The molecular formula is C16H12F3N7OS. The van der Waals surface area contributed by atoms with Crippen LogP contribution in [-0.4, -0.2) is 25.1 Å². The number of pyridine rings is 1. The highest BCUT2D eigenvalue weighted by molar-refractivity contribution is 7.21. The van der Waals surface area contributed by atoms with Crippen molar-refractivity contribution in [3.05, 3.63) is 41.8 Å². The maximum absolute atomic E-state index is 12.6. The van der Waals surface area contributed by atoms with Gasteiger partial charge in [0.2, 0.25) is 0 Å². The summed E-state index contributed by atoms with van der Waals surface area (Å²) in [4.78, 5) is 16.8. The number of fused-ring (bicyclic) bond motifs is 1. The number of aromatic nitrogens is 5. The number of hydrogen-bond donors (Lipinski definition) is 2. The van der Waals surface area contributed by atoms with Gasteiger partial charge in [0.1, 0.15) is 28.9 Å². The minimum atomic E-state index is -4.49. The molecular weight excluding hydrogens is 395 g/mol. The van der Waals surface area contributed by atoms with E-state index in [0.29, 0.717) is 44.1 Å². The Balaban J connectivity index is 1.62. The second-order valence-corrected chi connectivity index (χ2v) is 6.75. The summed E-state index contributed by atoms with van der Waals surface area (Å²) in [6.07, 6.45) is -2.05. The number of alkyl halides is 3. The van der Waals surface area contributed by atoms with Crippen molar-refractivity contribution in [1.29, 1.82) is 0 Å². The fourth-order valence-electron chi connectivity index (χ4n) is 2.44. The summed E-state index contributed by atoms with van der Waals surface area (Å²) in [5.74, 6) is 0.978. The molecule has 0 spiro atoms. The van der Waals surface area contributed by atoms with E-state index in [2.05, 4.69) is 35.7 Å². The summed E-state index contributed by atoms with van der Waals surface area (Å²) in [6.45, 7) is 3.58. The fraction of sp³-hybridized carbons (Fsp3) is 0.188. The molecule has 0 bridgehead atoms. The first kappa shape index (κ1) is 18.1. The van der Waals surface area contributed by atoms with Gasteiger partial charge in [0.15, 0.2) is 21.5 Å². The van der Waals surface area contributed by atoms with Gasteiger partial charge in [0.25, 0.3) is 0 Å². The van der Waals surface area contributed by atoms with Crippen molar-refractivity contribution in [2.45, 2.75) is 20.0 Å². The van der Waals surface area contributed by atoms with Crippen LogP contribution in [0.15, 0.2) is 29.2 Å². The van der Waals surface area contributed by atoms with E-state index in [0.717, 1.165) is 12.3 Å². The zero-order valence-electron chi connectivity index (χ0n) is 14.5. The van der Waals surface area contributed by atoms with Crippen LogP contribution in [0.2, 0.25) is 0 Å². The number of nitrogens with zero attached hydrogens (tertiary/aromatic N) is 5. The van der Waals surface area contributed by atoms with Crippen molar-refractivity contribution in [2.24, 2.45) is 0 Å². The van der Waals surface area contributed by atoms with Crippen LogP contribution in [0.25, 0.3) is 10.3 Å². The first-order chi connectivity index (χ1) is 13.3. The molecule has 4 aromatic rings. The average Bonchev–Trinajstić information content (AvgIpc) is 3.20. The number of thiazole rings is 1. The van der Waals surface area contributed by atoms with Gasteiger partial charge in [-0.25, -0.2) is 19.9 Å². The molecule has 4 aromatic heterocycles. The van der Waals surface area contributed by atoms with E-state index in [1.165, 1.54) is 23.7 Å². The molecule has 0 aromatic carbocycles. The lowest BCUT2D eigenvalue weighted by Crippen LogP contribution is -2.07. The smallest absolute Gasteiger partial charge is 0.359 e. The Kier molecular flexibility index (Phi) is 4.34. The largest absolute Gasteiger partial charge is 0.433 e. The third-order valence-electron chi connectivity index (χ3n) is 3.78. The van der Waals surface area contributed by atoms with E-state index in [4.69, 9.17) is 4.52 Å². The van der Waals surface area contributed by atoms with Crippen molar-refractivity contribution >= 4 is 44.0 Å². The molecule has 8 nitrogen and oxygen atoms in total. The highest BCUT2D eigenvalue weighted by Crippen LogP contribution is 2.33. The van der Waals surface area contributed by atoms with Crippen LogP contribution in [0.3, 0.4) is 0 Å². The van der Waals surface area contributed by atoms with Gasteiger partial charge >= 0.3 is 6.18 Å². The molecule has 0 fully saturated rings. The molecule has 0 saturated carbocycles. The van der Waals surface area contributed by atoms with Crippen molar-refractivity contribution in [2.75, 3.05) is 10.6 Å². The first-order valence-electron chi connectivity index (χ1n) is 7.93. The lowest BCUT2D eigenvalue weighted by atomic mass is 10.3. The predicted molar refractivity (Wildman–Crippen MR) is 97.0 cm³/mol. The van der Waals surface area contributed by atoms with Crippen molar-refractivity contribution in [3.8, 4) is 0 Å². The van der Waals surface area contributed by atoms with E-state index in [-0.39, 0.29) is 0 Å². The van der Waals surface area contributed by atoms with Crippen LogP contribution in [0.4, 0.5) is 35.5 Å². The van der Waals surface area contributed by atoms with Gasteiger partial charge in [-0.05, 0) is 26.0 Å². The molecule has 0 unspecified atom stereocenters. The molecule has 144 valence electrons. The first-order valence-corrected chi connectivity index (χ1v) is 8.74. The minimum absolute atomic E-state index is 0.348. The highest BCUT2D eigenvalue weighted by Gasteiger charge is 2.32. The van der Waals surface area contributed by atoms with Crippen LogP contribution < -0.4 is 10.6 Å². The Labute approximate surface area is 159 Å². The van der Waals surface area contributed by atoms with Gasteiger partial charge in [-0.3, -0.25) is 0 Å². The second kappa shape index (κ2) is 6.71. The number of hydrogen-bond acceptors (Lipinski definition) is 9. The van der Waals surface area contributed by atoms with E-state index < -0.39 is 11.9 Å². The van der Waals surface area contributed by atoms with Crippen molar-refractivity contribution in [1.82, 2.24) is 25.1 Å². The maximum Gasteiger partial charge on any atom is 0.433 e. The van der Waals surface area contributed by atoms with Crippen LogP contribution in [-0.2, 0) is 6.18 Å². The molecule has 4 heterocycles. The topological polar surface area (TPSA) is 102 Å². The lowest BCUT2D eigenvalue weighted by Gasteiger charge is -2.08. The molecule has 12 heteroatoms. The number of aryl methyl sites for hydroxylation is 2. The molecule has 2 N–H and O–H groups in total. The number of anilines is 4. The Hall–Kier alpha value is -3.28. The summed E-state index contributed by atoms with van der Waals surface area (Å²) in [5, 5.41) is 10.5. The normalized spacial score (nSPS) is 11.8. The van der Waals surface area contributed by atoms with Crippen molar-refractivity contribution in [3.63, 3.8) is 0 Å². The fourth-order valence-corrected chi connectivity index (χ4v) is 3.25. The minimum Gasteiger partial charge on any atom is -0.359 e. The van der Waals surface area contributed by atoms with Gasteiger partial charge < -0.3 is 15.2 Å². The molecule has 0 aliphatic carbocycles. The number of nitrogens with one attached hydrogen (secondary N) is 2. The lowest BCUT2D eigenvalue weighted by molar-refractivity contribution is -0.141. The quantitative estimate of drug-likeness (QED) is 0.506. The predicted octanol–water partition coefficient (Wildman–Crippen LogP) is 4.59. The molecule has 0 radical (unpaired) electrons. The Morgan fingerprint density at radius 1 is 1.07 bits per heavy atom. The Morgan fingerprint density at radius 3 is 2.54 bits per heavy atom. The average molecular weight is 407 g/mol. The van der Waals surface area contributed by atoms with Gasteiger partial charge in [0.05, 0.1) is 11.9 Å². The molecule has 0 aliphatic heterocycles. The standard InChI is InChI=1S/C16H12F3N7OS/c1-7-11(8(2)27-26-7)24-15-25-12-13(21-6-22-14(12)28-15)23-9-3-4-10(20-5-9)16(17,18)19/h3-6H,1-2H3,(H,24,25)(H,21,22,23). The number of rotatable bonds is 4. The summed E-state index contributed by atoms with van der Waals surface area (Å²) in [6, 6.07) is 2.17. The van der Waals surface area contributed by atoms with Gasteiger partial charge in [-0.2, -0.15) is 13.2 Å². The van der Waals surface area contributed by atoms with Gasteiger partial charge in [-0.1, -0.05) is 16.5 Å². The van der Waals surface area contributed by atoms with Crippen LogP contribution in [0, 0.1) is 13.8 Å². The Bertz CT molecular complexity index is 1120.